The van der Waals surface area contributed by atoms with E-state index < -0.39 is 10.2 Å². The SMILES string of the molecule is Cc1cn[nH]c1NS(=O)(=O)N(C)C(C)C. The summed E-state index contributed by atoms with van der Waals surface area (Å²) in [4.78, 5) is 0. The van der Waals surface area contributed by atoms with Crippen LogP contribution in [0, 0.1) is 6.92 Å². The molecule has 1 rings (SSSR count). The lowest BCUT2D eigenvalue weighted by Crippen LogP contribution is -2.37. The van der Waals surface area contributed by atoms with Gasteiger partial charge in [0.25, 0.3) is 0 Å². The topological polar surface area (TPSA) is 78.1 Å². The van der Waals surface area contributed by atoms with E-state index in [0.29, 0.717) is 5.82 Å². The van der Waals surface area contributed by atoms with Crippen LogP contribution in [-0.4, -0.2) is 36.0 Å². The van der Waals surface area contributed by atoms with Gasteiger partial charge in [0.1, 0.15) is 5.82 Å². The van der Waals surface area contributed by atoms with Gasteiger partial charge in [-0.05, 0) is 20.8 Å². The second-order valence-electron chi connectivity index (χ2n) is 3.65. The van der Waals surface area contributed by atoms with Crippen LogP contribution in [0.4, 0.5) is 5.82 Å². The van der Waals surface area contributed by atoms with Gasteiger partial charge in [0.2, 0.25) is 0 Å². The van der Waals surface area contributed by atoms with Crippen LogP contribution in [0.3, 0.4) is 0 Å². The van der Waals surface area contributed by atoms with Crippen molar-refractivity contribution in [3.63, 3.8) is 0 Å². The fraction of sp³-hybridized carbons (Fsp3) is 0.625. The summed E-state index contributed by atoms with van der Waals surface area (Å²) in [6.07, 6.45) is 1.56. The standard InChI is InChI=1S/C8H16N4O2S/c1-6(2)12(4)15(13,14)11-8-7(3)5-9-10-8/h5-6H,1-4H3,(H2,9,10,11). The molecule has 0 aliphatic heterocycles. The number of anilines is 1. The number of aryl methyl sites for hydroxylation is 1. The van der Waals surface area contributed by atoms with E-state index >= 15 is 0 Å². The first-order chi connectivity index (χ1) is 6.84. The molecule has 0 bridgehead atoms. The summed E-state index contributed by atoms with van der Waals surface area (Å²) >= 11 is 0. The average Bonchev–Trinajstić information content (AvgIpc) is 2.50. The molecule has 86 valence electrons. The molecule has 0 amide bonds. The Balaban J connectivity index is 2.87. The second-order valence-corrected chi connectivity index (χ2v) is 5.38. The van der Waals surface area contributed by atoms with Crippen LogP contribution in [0.2, 0.25) is 0 Å². The highest BCUT2D eigenvalue weighted by Gasteiger charge is 2.21. The van der Waals surface area contributed by atoms with Crippen LogP contribution in [-0.2, 0) is 10.2 Å². The van der Waals surface area contributed by atoms with E-state index in [4.69, 9.17) is 0 Å². The van der Waals surface area contributed by atoms with E-state index in [2.05, 4.69) is 14.9 Å². The third kappa shape index (κ3) is 2.69. The van der Waals surface area contributed by atoms with Gasteiger partial charge in [-0.15, -0.1) is 0 Å². The summed E-state index contributed by atoms with van der Waals surface area (Å²) in [5, 5.41) is 6.33. The molecule has 1 aromatic heterocycles. The molecule has 0 saturated heterocycles. The Morgan fingerprint density at radius 3 is 2.53 bits per heavy atom. The van der Waals surface area contributed by atoms with Crippen molar-refractivity contribution >= 4 is 16.0 Å². The molecule has 0 spiro atoms. The van der Waals surface area contributed by atoms with Crippen molar-refractivity contribution < 1.29 is 8.42 Å². The summed E-state index contributed by atoms with van der Waals surface area (Å²) in [5.41, 5.74) is 0.760. The molecule has 0 fully saturated rings. The largest absolute Gasteiger partial charge is 0.302 e. The van der Waals surface area contributed by atoms with Crippen LogP contribution >= 0.6 is 0 Å². The molecule has 0 aromatic carbocycles. The van der Waals surface area contributed by atoms with E-state index in [-0.39, 0.29) is 6.04 Å². The number of H-pyrrole nitrogens is 1. The molecule has 0 saturated carbocycles. The number of aromatic nitrogens is 2. The van der Waals surface area contributed by atoms with Gasteiger partial charge in [0, 0.05) is 18.7 Å². The Kier molecular flexibility index (Phi) is 3.35. The third-order valence-corrected chi connectivity index (χ3v) is 3.81. The molecule has 0 aliphatic rings. The van der Waals surface area contributed by atoms with Crippen molar-refractivity contribution in [3.8, 4) is 0 Å². The molecule has 1 heterocycles. The maximum Gasteiger partial charge on any atom is 0.302 e. The molecular formula is C8H16N4O2S. The van der Waals surface area contributed by atoms with Gasteiger partial charge < -0.3 is 0 Å². The number of hydrogen-bond donors (Lipinski definition) is 2. The maximum atomic E-state index is 11.8. The molecular weight excluding hydrogens is 216 g/mol. The Labute approximate surface area is 89.9 Å². The summed E-state index contributed by atoms with van der Waals surface area (Å²) in [5.74, 6) is 0.405. The van der Waals surface area contributed by atoms with Crippen LogP contribution in [0.1, 0.15) is 19.4 Å². The van der Waals surface area contributed by atoms with Gasteiger partial charge in [-0.1, -0.05) is 0 Å². The van der Waals surface area contributed by atoms with Gasteiger partial charge in [-0.2, -0.15) is 17.8 Å². The minimum Gasteiger partial charge on any atom is -0.262 e. The van der Waals surface area contributed by atoms with Gasteiger partial charge in [0.05, 0.1) is 6.20 Å². The quantitative estimate of drug-likeness (QED) is 0.802. The Morgan fingerprint density at radius 2 is 2.13 bits per heavy atom. The van der Waals surface area contributed by atoms with E-state index in [9.17, 15) is 8.42 Å². The van der Waals surface area contributed by atoms with Crippen molar-refractivity contribution in [1.82, 2.24) is 14.5 Å². The highest BCUT2D eigenvalue weighted by molar-refractivity contribution is 7.90. The molecule has 1 aromatic rings. The van der Waals surface area contributed by atoms with Gasteiger partial charge in [-0.3, -0.25) is 9.82 Å². The first kappa shape index (κ1) is 12.0. The number of hydrogen-bond acceptors (Lipinski definition) is 3. The van der Waals surface area contributed by atoms with Crippen molar-refractivity contribution in [1.29, 1.82) is 0 Å². The predicted molar refractivity (Wildman–Crippen MR) is 58.8 cm³/mol. The monoisotopic (exact) mass is 232 g/mol. The van der Waals surface area contributed by atoms with Crippen LogP contribution in [0.25, 0.3) is 0 Å². The number of nitrogens with one attached hydrogen (secondary N) is 2. The van der Waals surface area contributed by atoms with E-state index in [1.165, 1.54) is 11.4 Å². The van der Waals surface area contributed by atoms with Crippen LogP contribution < -0.4 is 4.72 Å². The average molecular weight is 232 g/mol. The lowest BCUT2D eigenvalue weighted by atomic mass is 10.4. The third-order valence-electron chi connectivity index (χ3n) is 2.17. The zero-order valence-electron chi connectivity index (χ0n) is 9.27. The minimum atomic E-state index is -3.49. The number of rotatable bonds is 4. The first-order valence-corrected chi connectivity index (χ1v) is 6.04. The fourth-order valence-electron chi connectivity index (χ4n) is 0.928. The molecule has 15 heavy (non-hydrogen) atoms. The van der Waals surface area contributed by atoms with Gasteiger partial charge in [0.15, 0.2) is 0 Å². The molecule has 6 nitrogen and oxygen atoms in total. The zero-order valence-corrected chi connectivity index (χ0v) is 10.1. The predicted octanol–water partition coefficient (Wildman–Crippen LogP) is 0.715. The van der Waals surface area contributed by atoms with Gasteiger partial charge >= 0.3 is 10.2 Å². The summed E-state index contributed by atoms with van der Waals surface area (Å²) in [7, 11) is -1.97. The van der Waals surface area contributed by atoms with Crippen LogP contribution in [0.5, 0.6) is 0 Å². The van der Waals surface area contributed by atoms with Crippen molar-refractivity contribution in [3.05, 3.63) is 11.8 Å². The highest BCUT2D eigenvalue weighted by atomic mass is 32.2. The van der Waals surface area contributed by atoms with Crippen LogP contribution in [0.15, 0.2) is 6.20 Å². The number of nitrogens with zero attached hydrogens (tertiary/aromatic N) is 2. The van der Waals surface area contributed by atoms with Crippen molar-refractivity contribution in [2.75, 3.05) is 11.8 Å². The molecule has 7 heteroatoms. The Bertz CT molecular complexity index is 424. The summed E-state index contributed by atoms with van der Waals surface area (Å²) < 4.78 is 27.2. The lowest BCUT2D eigenvalue weighted by Gasteiger charge is -2.21. The van der Waals surface area contributed by atoms with E-state index in [1.54, 1.807) is 27.0 Å². The molecule has 0 unspecified atom stereocenters. The smallest absolute Gasteiger partial charge is 0.262 e. The Hall–Kier alpha value is -1.08. The summed E-state index contributed by atoms with van der Waals surface area (Å²) in [6, 6.07) is -0.0919. The normalized spacial score (nSPS) is 12.4. The van der Waals surface area contributed by atoms with Crippen molar-refractivity contribution in [2.24, 2.45) is 0 Å². The fourth-order valence-corrected chi connectivity index (χ4v) is 2.09. The lowest BCUT2D eigenvalue weighted by molar-refractivity contribution is 0.414. The molecule has 2 N–H and O–H groups in total. The maximum absolute atomic E-state index is 11.8. The number of aromatic amines is 1. The summed E-state index contributed by atoms with van der Waals surface area (Å²) in [6.45, 7) is 5.38. The van der Waals surface area contributed by atoms with E-state index in [0.717, 1.165) is 5.56 Å². The molecule has 0 atom stereocenters. The zero-order chi connectivity index (χ0) is 11.6. The first-order valence-electron chi connectivity index (χ1n) is 4.60. The van der Waals surface area contributed by atoms with E-state index in [1.807, 2.05) is 0 Å². The molecule has 0 radical (unpaired) electrons. The molecule has 0 aliphatic carbocycles. The second kappa shape index (κ2) is 4.19. The Morgan fingerprint density at radius 1 is 1.53 bits per heavy atom. The highest BCUT2D eigenvalue weighted by Crippen LogP contribution is 2.13. The van der Waals surface area contributed by atoms with Crippen molar-refractivity contribution in [2.45, 2.75) is 26.8 Å². The van der Waals surface area contributed by atoms with Gasteiger partial charge in [-0.25, -0.2) is 0 Å². The minimum absolute atomic E-state index is 0.0919.